The van der Waals surface area contributed by atoms with Crippen LogP contribution >= 0.6 is 7.60 Å². The summed E-state index contributed by atoms with van der Waals surface area (Å²) in [6, 6.07) is 39.1. The molecule has 2 atom stereocenters. The van der Waals surface area contributed by atoms with Gasteiger partial charge in [0, 0.05) is 23.8 Å². The third-order valence-corrected chi connectivity index (χ3v) is 8.84. The quantitative estimate of drug-likeness (QED) is 0.126. The molecule has 0 aliphatic rings. The van der Waals surface area contributed by atoms with E-state index in [1.54, 1.807) is 0 Å². The van der Waals surface area contributed by atoms with Crippen LogP contribution in [0.2, 0.25) is 0 Å². The molecule has 5 heteroatoms. The lowest BCUT2D eigenvalue weighted by Crippen LogP contribution is -2.16. The Labute approximate surface area is 231 Å². The van der Waals surface area contributed by atoms with Crippen LogP contribution in [0.3, 0.4) is 0 Å². The van der Waals surface area contributed by atoms with Gasteiger partial charge in [-0.1, -0.05) is 127 Å². The van der Waals surface area contributed by atoms with Gasteiger partial charge >= 0.3 is 7.60 Å². The zero-order valence-corrected chi connectivity index (χ0v) is 23.4. The first-order valence-corrected chi connectivity index (χ1v) is 14.9. The van der Waals surface area contributed by atoms with Gasteiger partial charge in [0.05, 0.1) is 18.5 Å². The fourth-order valence-electron chi connectivity index (χ4n) is 4.85. The van der Waals surface area contributed by atoms with Crippen molar-refractivity contribution in [2.24, 2.45) is 0 Å². The summed E-state index contributed by atoms with van der Waals surface area (Å²) in [6.07, 6.45) is 2.28. The lowest BCUT2D eigenvalue weighted by molar-refractivity contribution is 0.0971. The highest BCUT2D eigenvalue weighted by Gasteiger charge is 2.34. The molecule has 0 unspecified atom stereocenters. The SMILES string of the molecule is CCOP(=O)(OCC)/C(=C/[C@@H](c1ccccc1)[C@H](CC(=O)c1ccccc1)c1ccccc1)c1ccccc1. The molecular weight excluding hydrogens is 503 g/mol. The summed E-state index contributed by atoms with van der Waals surface area (Å²) in [4.78, 5) is 13.6. The molecule has 0 radical (unpaired) electrons. The number of allylic oxidation sites excluding steroid dienone is 1. The molecule has 0 heterocycles. The summed E-state index contributed by atoms with van der Waals surface area (Å²) in [5, 5.41) is 0.508. The minimum atomic E-state index is -3.67. The van der Waals surface area contributed by atoms with Gasteiger partial charge in [0.15, 0.2) is 5.78 Å². The van der Waals surface area contributed by atoms with Crippen molar-refractivity contribution in [1.29, 1.82) is 0 Å². The Bertz CT molecular complexity index is 1380. The van der Waals surface area contributed by atoms with Crippen LogP contribution in [0.4, 0.5) is 0 Å². The van der Waals surface area contributed by atoms with E-state index < -0.39 is 7.60 Å². The molecule has 4 nitrogen and oxygen atoms in total. The standard InChI is InChI=1S/C34H35O4P/c1-3-37-39(36,38-4-2)34(30-23-15-8-16-24-30)26-32(28-19-11-6-12-20-28)31(27-17-9-5-10-18-27)25-33(35)29-21-13-7-14-22-29/h5-24,26,31-32H,3-4,25H2,1-2H3/b34-26+/t31-,32+/m1/s1. The first kappa shape index (κ1) is 28.4. The average molecular weight is 539 g/mol. The fraction of sp³-hybridized carbons (Fsp3) is 0.206. The highest BCUT2D eigenvalue weighted by atomic mass is 31.2. The zero-order valence-electron chi connectivity index (χ0n) is 22.5. The van der Waals surface area contributed by atoms with Crippen molar-refractivity contribution in [1.82, 2.24) is 0 Å². The van der Waals surface area contributed by atoms with Crippen molar-refractivity contribution in [3.05, 3.63) is 150 Å². The molecule has 39 heavy (non-hydrogen) atoms. The van der Waals surface area contributed by atoms with E-state index in [4.69, 9.17) is 9.05 Å². The second-order valence-electron chi connectivity index (χ2n) is 9.20. The minimum Gasteiger partial charge on any atom is -0.305 e. The fourth-order valence-corrected chi connectivity index (χ4v) is 6.70. The molecular formula is C34H35O4P. The van der Waals surface area contributed by atoms with Crippen LogP contribution in [0.5, 0.6) is 0 Å². The highest BCUT2D eigenvalue weighted by Crippen LogP contribution is 2.61. The van der Waals surface area contributed by atoms with Crippen LogP contribution in [-0.2, 0) is 13.6 Å². The number of rotatable bonds is 13. The second-order valence-corrected chi connectivity index (χ2v) is 11.2. The van der Waals surface area contributed by atoms with Crippen molar-refractivity contribution in [3.8, 4) is 0 Å². The van der Waals surface area contributed by atoms with Gasteiger partial charge in [-0.05, 0) is 30.5 Å². The summed E-state index contributed by atoms with van der Waals surface area (Å²) in [7, 11) is -3.67. The van der Waals surface area contributed by atoms with Gasteiger partial charge in [-0.15, -0.1) is 0 Å². The summed E-state index contributed by atoms with van der Waals surface area (Å²) in [5.41, 5.74) is 3.49. The monoisotopic (exact) mass is 538 g/mol. The van der Waals surface area contributed by atoms with E-state index in [0.29, 0.717) is 10.9 Å². The Morgan fingerprint density at radius 2 is 1.10 bits per heavy atom. The number of ketones is 1. The van der Waals surface area contributed by atoms with Crippen molar-refractivity contribution in [2.45, 2.75) is 32.1 Å². The molecule has 0 aliphatic heterocycles. The normalized spacial score (nSPS) is 13.5. The highest BCUT2D eigenvalue weighted by molar-refractivity contribution is 7.65. The topological polar surface area (TPSA) is 52.6 Å². The summed E-state index contributed by atoms with van der Waals surface area (Å²) < 4.78 is 26.0. The maximum Gasteiger partial charge on any atom is 0.361 e. The lowest BCUT2D eigenvalue weighted by Gasteiger charge is -2.28. The molecule has 4 rings (SSSR count). The Morgan fingerprint density at radius 3 is 1.59 bits per heavy atom. The molecule has 0 saturated heterocycles. The number of Topliss-reactive ketones (excluding diaryl/α,β-unsaturated/α-hetero) is 1. The number of hydrogen-bond donors (Lipinski definition) is 0. The molecule has 0 aliphatic carbocycles. The molecule has 0 fully saturated rings. The molecule has 0 bridgehead atoms. The maximum atomic E-state index is 14.3. The van der Waals surface area contributed by atoms with Crippen molar-refractivity contribution in [3.63, 3.8) is 0 Å². The second kappa shape index (κ2) is 14.0. The van der Waals surface area contributed by atoms with E-state index in [0.717, 1.165) is 16.7 Å². The first-order chi connectivity index (χ1) is 19.1. The predicted octanol–water partition coefficient (Wildman–Crippen LogP) is 9.13. The van der Waals surface area contributed by atoms with Gasteiger partial charge in [-0.25, -0.2) is 0 Å². The van der Waals surface area contributed by atoms with E-state index >= 15 is 0 Å². The molecule has 0 saturated carbocycles. The van der Waals surface area contributed by atoms with Gasteiger partial charge in [0.1, 0.15) is 0 Å². The van der Waals surface area contributed by atoms with Crippen LogP contribution in [-0.4, -0.2) is 19.0 Å². The van der Waals surface area contributed by atoms with E-state index in [2.05, 4.69) is 24.3 Å². The third-order valence-electron chi connectivity index (χ3n) is 6.65. The maximum absolute atomic E-state index is 14.3. The lowest BCUT2D eigenvalue weighted by atomic mass is 9.77. The molecule has 4 aromatic rings. The van der Waals surface area contributed by atoms with Crippen LogP contribution < -0.4 is 0 Å². The van der Waals surface area contributed by atoms with Crippen molar-refractivity contribution < 1.29 is 18.4 Å². The predicted molar refractivity (Wildman–Crippen MR) is 159 cm³/mol. The van der Waals surface area contributed by atoms with Gasteiger partial charge in [0.25, 0.3) is 0 Å². The van der Waals surface area contributed by atoms with Gasteiger partial charge < -0.3 is 9.05 Å². The van der Waals surface area contributed by atoms with Crippen LogP contribution in [0.25, 0.3) is 5.31 Å². The Hall–Kier alpha value is -3.56. The van der Waals surface area contributed by atoms with Crippen molar-refractivity contribution in [2.75, 3.05) is 13.2 Å². The number of benzene rings is 4. The Kier molecular flexibility index (Phi) is 10.2. The minimum absolute atomic E-state index is 0.0536. The number of carbonyl (C=O) groups is 1. The summed E-state index contributed by atoms with van der Waals surface area (Å²) in [5.74, 6) is -0.458. The molecule has 4 aromatic carbocycles. The third kappa shape index (κ3) is 7.30. The summed E-state index contributed by atoms with van der Waals surface area (Å²) >= 11 is 0. The van der Waals surface area contributed by atoms with E-state index in [1.165, 1.54) is 0 Å². The van der Waals surface area contributed by atoms with Gasteiger partial charge in [-0.2, -0.15) is 0 Å². The number of hydrogen-bond acceptors (Lipinski definition) is 4. The molecule has 0 aromatic heterocycles. The average Bonchev–Trinajstić information content (AvgIpc) is 2.98. The molecule has 0 spiro atoms. The molecule has 200 valence electrons. The van der Waals surface area contributed by atoms with Gasteiger partial charge in [0.2, 0.25) is 0 Å². The largest absolute Gasteiger partial charge is 0.361 e. The summed E-state index contributed by atoms with van der Waals surface area (Å²) in [6.45, 7) is 4.11. The van der Waals surface area contributed by atoms with Crippen molar-refractivity contribution >= 4 is 18.7 Å². The zero-order chi connectivity index (χ0) is 27.5. The number of carbonyl (C=O) groups excluding carboxylic acids is 1. The van der Waals surface area contributed by atoms with Crippen LogP contribution in [0.15, 0.2) is 127 Å². The van der Waals surface area contributed by atoms with Crippen LogP contribution in [0, 0.1) is 0 Å². The Morgan fingerprint density at radius 1 is 0.667 bits per heavy atom. The van der Waals surface area contributed by atoms with E-state index in [9.17, 15) is 9.36 Å². The van der Waals surface area contributed by atoms with Crippen LogP contribution in [0.1, 0.15) is 59.2 Å². The molecule has 0 N–H and O–H groups in total. The first-order valence-electron chi connectivity index (χ1n) is 13.4. The van der Waals surface area contributed by atoms with Gasteiger partial charge in [-0.3, -0.25) is 9.36 Å². The molecule has 0 amide bonds. The van der Waals surface area contributed by atoms with E-state index in [1.807, 2.05) is 117 Å². The smallest absolute Gasteiger partial charge is 0.305 e. The Balaban J connectivity index is 1.93. The van der Waals surface area contributed by atoms with E-state index in [-0.39, 0.29) is 37.3 Å².